The molecule has 1 rings (SSSR count). The predicted molar refractivity (Wildman–Crippen MR) is 54.3 cm³/mol. The van der Waals surface area contributed by atoms with E-state index >= 15 is 0 Å². The topological polar surface area (TPSA) is 34.1 Å². The summed E-state index contributed by atoms with van der Waals surface area (Å²) in [7, 11) is -3.15. The predicted octanol–water partition coefficient (Wildman–Crippen LogP) is 2.07. The molecule has 0 bridgehead atoms. The third-order valence-corrected chi connectivity index (χ3v) is 3.72. The van der Waals surface area contributed by atoms with Crippen LogP contribution in [0.4, 0.5) is 4.39 Å². The molecule has 0 fully saturated rings. The molecule has 0 spiro atoms. The van der Waals surface area contributed by atoms with Gasteiger partial charge in [0.05, 0.1) is 5.75 Å². The fraction of sp³-hybridized carbons (Fsp3) is 0.400. The zero-order valence-electron chi connectivity index (χ0n) is 8.25. The third-order valence-electron chi connectivity index (χ3n) is 2.09. The first kappa shape index (κ1) is 11.2. The molecule has 78 valence electrons. The van der Waals surface area contributed by atoms with Crippen LogP contribution in [0, 0.1) is 12.7 Å². The Morgan fingerprint density at radius 3 is 2.57 bits per heavy atom. The van der Waals surface area contributed by atoms with Crippen molar-refractivity contribution in [2.75, 3.05) is 5.75 Å². The van der Waals surface area contributed by atoms with Crippen LogP contribution in [0.2, 0.25) is 0 Å². The van der Waals surface area contributed by atoms with Gasteiger partial charge in [0, 0.05) is 11.3 Å². The summed E-state index contributed by atoms with van der Waals surface area (Å²) in [4.78, 5) is 0. The quantitative estimate of drug-likeness (QED) is 0.775. The average Bonchev–Trinajstić information content (AvgIpc) is 2.13. The van der Waals surface area contributed by atoms with Gasteiger partial charge in [-0.05, 0) is 12.5 Å². The fourth-order valence-corrected chi connectivity index (χ4v) is 2.06. The van der Waals surface area contributed by atoms with Crippen LogP contribution in [0.15, 0.2) is 18.2 Å². The van der Waals surface area contributed by atoms with E-state index < -0.39 is 15.7 Å². The minimum atomic E-state index is -3.15. The van der Waals surface area contributed by atoms with Gasteiger partial charge in [-0.3, -0.25) is 0 Å². The normalized spacial score (nSPS) is 11.6. The summed E-state index contributed by atoms with van der Waals surface area (Å²) in [6.45, 7) is 3.18. The van der Waals surface area contributed by atoms with Crippen molar-refractivity contribution in [3.63, 3.8) is 0 Å². The number of aryl methyl sites for hydroxylation is 1. The van der Waals surface area contributed by atoms with Crippen molar-refractivity contribution < 1.29 is 12.8 Å². The van der Waals surface area contributed by atoms with Crippen molar-refractivity contribution in [2.24, 2.45) is 0 Å². The Morgan fingerprint density at radius 1 is 1.36 bits per heavy atom. The number of rotatable bonds is 3. The van der Waals surface area contributed by atoms with E-state index in [2.05, 4.69) is 0 Å². The van der Waals surface area contributed by atoms with Crippen LogP contribution in [0.3, 0.4) is 0 Å². The molecule has 2 nitrogen and oxygen atoms in total. The molecule has 0 aliphatic carbocycles. The maximum absolute atomic E-state index is 13.4. The van der Waals surface area contributed by atoms with Gasteiger partial charge in [-0.15, -0.1) is 0 Å². The highest BCUT2D eigenvalue weighted by Gasteiger charge is 2.13. The monoisotopic (exact) mass is 216 g/mol. The lowest BCUT2D eigenvalue weighted by Crippen LogP contribution is -2.08. The van der Waals surface area contributed by atoms with Gasteiger partial charge in [0.1, 0.15) is 5.82 Å². The highest BCUT2D eigenvalue weighted by molar-refractivity contribution is 7.90. The maximum Gasteiger partial charge on any atom is 0.154 e. The molecule has 0 aliphatic heterocycles. The van der Waals surface area contributed by atoms with E-state index in [0.29, 0.717) is 5.56 Å². The molecule has 0 unspecified atom stereocenters. The lowest BCUT2D eigenvalue weighted by atomic mass is 10.1. The number of hydrogen-bond donors (Lipinski definition) is 0. The molecule has 0 atom stereocenters. The van der Waals surface area contributed by atoms with E-state index in [0.717, 1.165) is 0 Å². The maximum atomic E-state index is 13.4. The van der Waals surface area contributed by atoms with Gasteiger partial charge in [0.2, 0.25) is 0 Å². The summed E-state index contributed by atoms with van der Waals surface area (Å²) >= 11 is 0. The summed E-state index contributed by atoms with van der Waals surface area (Å²) in [6.07, 6.45) is 0. The molecule has 0 saturated heterocycles. The first-order valence-corrected chi connectivity index (χ1v) is 6.23. The smallest absolute Gasteiger partial charge is 0.154 e. The molecule has 0 N–H and O–H groups in total. The van der Waals surface area contributed by atoms with E-state index in [1.165, 1.54) is 6.07 Å². The Labute approximate surface area is 83.7 Å². The van der Waals surface area contributed by atoms with E-state index in [1.54, 1.807) is 26.0 Å². The van der Waals surface area contributed by atoms with Gasteiger partial charge in [0.25, 0.3) is 0 Å². The lowest BCUT2D eigenvalue weighted by molar-refractivity contribution is 0.585. The second kappa shape index (κ2) is 4.09. The zero-order chi connectivity index (χ0) is 10.8. The van der Waals surface area contributed by atoms with Gasteiger partial charge in [-0.1, -0.05) is 25.1 Å². The summed E-state index contributed by atoms with van der Waals surface area (Å²) in [5.74, 6) is -0.582. The van der Waals surface area contributed by atoms with Crippen molar-refractivity contribution in [1.29, 1.82) is 0 Å². The summed E-state index contributed by atoms with van der Waals surface area (Å²) in [5.41, 5.74) is 0.737. The Hall–Kier alpha value is -0.900. The number of halogens is 1. The third kappa shape index (κ3) is 2.54. The van der Waals surface area contributed by atoms with E-state index in [-0.39, 0.29) is 17.1 Å². The average molecular weight is 216 g/mol. The first-order chi connectivity index (χ1) is 6.46. The van der Waals surface area contributed by atoms with Gasteiger partial charge in [-0.2, -0.15) is 0 Å². The molecular formula is C10H13FO2S. The molecule has 0 aromatic heterocycles. The first-order valence-electron chi connectivity index (χ1n) is 4.40. The molecule has 0 saturated carbocycles. The molecule has 4 heteroatoms. The number of sulfone groups is 1. The van der Waals surface area contributed by atoms with Crippen LogP contribution in [-0.4, -0.2) is 14.2 Å². The number of hydrogen-bond acceptors (Lipinski definition) is 2. The minimum absolute atomic E-state index is 0.0420. The summed E-state index contributed by atoms with van der Waals surface area (Å²) in [5, 5.41) is 0. The Bertz CT molecular complexity index is 424. The van der Waals surface area contributed by atoms with Crippen molar-refractivity contribution in [2.45, 2.75) is 19.6 Å². The second-order valence-electron chi connectivity index (χ2n) is 3.22. The van der Waals surface area contributed by atoms with Crippen molar-refractivity contribution >= 4 is 9.84 Å². The van der Waals surface area contributed by atoms with Crippen LogP contribution >= 0.6 is 0 Å². The Balaban J connectivity index is 3.05. The zero-order valence-corrected chi connectivity index (χ0v) is 9.07. The summed E-state index contributed by atoms with van der Waals surface area (Å²) < 4.78 is 35.9. The van der Waals surface area contributed by atoms with Crippen LogP contribution in [0.1, 0.15) is 18.1 Å². The molecule has 0 amide bonds. The van der Waals surface area contributed by atoms with E-state index in [4.69, 9.17) is 0 Å². The Morgan fingerprint density at radius 2 is 2.00 bits per heavy atom. The molecular weight excluding hydrogens is 203 g/mol. The molecule has 14 heavy (non-hydrogen) atoms. The standard InChI is InChI=1S/C10H13FO2S/c1-3-14(12,13)7-9-6-4-5-8(2)10(9)11/h4-6H,3,7H2,1-2H3. The van der Waals surface area contributed by atoms with Crippen LogP contribution in [-0.2, 0) is 15.6 Å². The SMILES string of the molecule is CCS(=O)(=O)Cc1cccc(C)c1F. The van der Waals surface area contributed by atoms with Crippen LogP contribution in [0.5, 0.6) is 0 Å². The minimum Gasteiger partial charge on any atom is -0.229 e. The van der Waals surface area contributed by atoms with E-state index in [9.17, 15) is 12.8 Å². The molecule has 0 aliphatic rings. The van der Waals surface area contributed by atoms with Gasteiger partial charge in [-0.25, -0.2) is 12.8 Å². The molecule has 0 radical (unpaired) electrons. The lowest BCUT2D eigenvalue weighted by Gasteiger charge is -2.04. The van der Waals surface area contributed by atoms with Crippen LogP contribution < -0.4 is 0 Å². The molecule has 1 aromatic carbocycles. The highest BCUT2D eigenvalue weighted by atomic mass is 32.2. The largest absolute Gasteiger partial charge is 0.229 e. The van der Waals surface area contributed by atoms with Crippen molar-refractivity contribution in [3.8, 4) is 0 Å². The molecule has 1 aromatic rings. The Kier molecular flexibility index (Phi) is 3.26. The molecule has 0 heterocycles. The van der Waals surface area contributed by atoms with Crippen molar-refractivity contribution in [1.82, 2.24) is 0 Å². The van der Waals surface area contributed by atoms with Gasteiger partial charge < -0.3 is 0 Å². The fourth-order valence-electron chi connectivity index (χ4n) is 1.16. The van der Waals surface area contributed by atoms with Crippen LogP contribution in [0.25, 0.3) is 0 Å². The highest BCUT2D eigenvalue weighted by Crippen LogP contribution is 2.14. The van der Waals surface area contributed by atoms with Crippen molar-refractivity contribution in [3.05, 3.63) is 35.1 Å². The van der Waals surface area contributed by atoms with Gasteiger partial charge >= 0.3 is 0 Å². The summed E-state index contributed by atoms with van der Waals surface area (Å²) in [6, 6.07) is 4.80. The van der Waals surface area contributed by atoms with E-state index in [1.807, 2.05) is 0 Å². The second-order valence-corrected chi connectivity index (χ2v) is 5.58. The van der Waals surface area contributed by atoms with Gasteiger partial charge in [0.15, 0.2) is 9.84 Å². The number of benzene rings is 1.